The first-order chi connectivity index (χ1) is 26.6. The lowest BCUT2D eigenvalue weighted by atomic mass is 10.0. The summed E-state index contributed by atoms with van der Waals surface area (Å²) < 4.78 is 5.85. The van der Waals surface area contributed by atoms with Crippen LogP contribution in [0.25, 0.3) is 0 Å². The smallest absolute Gasteiger partial charge is 0.326 e. The van der Waals surface area contributed by atoms with Crippen molar-refractivity contribution in [3.63, 3.8) is 0 Å². The van der Waals surface area contributed by atoms with Gasteiger partial charge in [-0.05, 0) is 43.0 Å². The molecule has 1 heterocycles. The molecular formula is C36H47N9O11. The molecule has 2 unspecified atom stereocenters. The summed E-state index contributed by atoms with van der Waals surface area (Å²) in [7, 11) is 2.66. The summed E-state index contributed by atoms with van der Waals surface area (Å²) in [5.74, 6) is -7.59. The van der Waals surface area contributed by atoms with Crippen LogP contribution in [0.2, 0.25) is 0 Å². The average Bonchev–Trinajstić information content (AvgIpc) is 3.16. The molecule has 0 spiro atoms. The summed E-state index contributed by atoms with van der Waals surface area (Å²) in [5.41, 5.74) is 7.18. The van der Waals surface area contributed by atoms with Gasteiger partial charge in [0.15, 0.2) is 5.96 Å². The molecule has 1 saturated heterocycles. The van der Waals surface area contributed by atoms with Crippen LogP contribution >= 0.6 is 0 Å². The standard InChI is InChI=1S/C36H47N9O11/c1-20-30(48)42-24(10-7-15-39-35(37)44-36(55)38-2)32(50)45(3)27(16-21-11-13-23(14-12-21)56-19-22-8-5-4-6-9-22)31(49)43-26(34(53)54)18-29(47)41-25(33(51)52)17-28(46)40-20/h4-6,8-9,11-14,20,24-27H,7,10,15-19H2,1-3H3,(H,40,46)(H,41,47)(H,42,48)(H,43,49)(H,51,52)(H,53,54)(H4,37,38,39,44,55)/t20-,24?,25+,26+,27?/m1/s1. The largest absolute Gasteiger partial charge is 0.489 e. The number of carboxylic acids is 2. The van der Waals surface area contributed by atoms with Crippen LogP contribution < -0.4 is 42.4 Å². The van der Waals surface area contributed by atoms with Gasteiger partial charge in [0.25, 0.3) is 0 Å². The zero-order valence-corrected chi connectivity index (χ0v) is 31.1. The number of hydrogen-bond acceptors (Lipinski definition) is 10. The number of carboxylic acid groups (broad SMARTS) is 2. The number of nitrogens with two attached hydrogens (primary N) is 1. The number of carbonyl (C=O) groups excluding carboxylic acids is 6. The number of amides is 7. The van der Waals surface area contributed by atoms with Crippen molar-refractivity contribution in [1.29, 1.82) is 0 Å². The number of rotatable bonds is 11. The Morgan fingerprint density at radius 1 is 0.857 bits per heavy atom. The fourth-order valence-corrected chi connectivity index (χ4v) is 5.42. The van der Waals surface area contributed by atoms with Gasteiger partial charge in [-0.3, -0.25) is 34.3 Å². The summed E-state index contributed by atoms with van der Waals surface area (Å²) >= 11 is 0. The molecular weight excluding hydrogens is 734 g/mol. The normalized spacial score (nSPS) is 21.7. The topological polar surface area (TPSA) is 300 Å². The van der Waals surface area contributed by atoms with E-state index in [1.807, 2.05) is 30.3 Å². The van der Waals surface area contributed by atoms with Crippen molar-refractivity contribution >= 4 is 53.5 Å². The van der Waals surface area contributed by atoms with Crippen molar-refractivity contribution in [1.82, 2.24) is 36.8 Å². The Hall–Kier alpha value is -6.73. The van der Waals surface area contributed by atoms with Crippen molar-refractivity contribution in [2.24, 2.45) is 10.7 Å². The summed E-state index contributed by atoms with van der Waals surface area (Å²) in [6.07, 6.45) is -1.85. The first-order valence-corrected chi connectivity index (χ1v) is 17.5. The van der Waals surface area contributed by atoms with Crippen molar-refractivity contribution < 1.29 is 53.3 Å². The highest BCUT2D eigenvalue weighted by Crippen LogP contribution is 2.18. The van der Waals surface area contributed by atoms with Crippen molar-refractivity contribution in [2.45, 2.75) is 75.8 Å². The average molecular weight is 782 g/mol. The predicted octanol–water partition coefficient (Wildman–Crippen LogP) is -1.42. The van der Waals surface area contributed by atoms with Gasteiger partial charge in [-0.2, -0.15) is 0 Å². The summed E-state index contributed by atoms with van der Waals surface area (Å²) in [6.45, 7) is 1.57. The highest BCUT2D eigenvalue weighted by molar-refractivity contribution is 5.97. The number of hydrogen-bond donors (Lipinski definition) is 9. The molecule has 1 fully saturated rings. The third-order valence-electron chi connectivity index (χ3n) is 8.53. The molecule has 302 valence electrons. The van der Waals surface area contributed by atoms with Gasteiger partial charge in [0.1, 0.15) is 42.6 Å². The van der Waals surface area contributed by atoms with Crippen LogP contribution in [0.3, 0.4) is 0 Å². The second kappa shape index (κ2) is 21.2. The zero-order valence-electron chi connectivity index (χ0n) is 31.1. The molecule has 0 aromatic heterocycles. The molecule has 0 radical (unpaired) electrons. The molecule has 2 aromatic rings. The molecule has 1 aliphatic rings. The van der Waals surface area contributed by atoms with Gasteiger partial charge < -0.3 is 52.2 Å². The Morgan fingerprint density at radius 3 is 2.07 bits per heavy atom. The number of aliphatic imine (C=N–C) groups is 1. The Morgan fingerprint density at radius 2 is 1.46 bits per heavy atom. The lowest BCUT2D eigenvalue weighted by Gasteiger charge is -2.32. The first-order valence-electron chi connectivity index (χ1n) is 17.5. The molecule has 1 aliphatic heterocycles. The van der Waals surface area contributed by atoms with Crippen LogP contribution in [0.5, 0.6) is 5.75 Å². The minimum Gasteiger partial charge on any atom is -0.489 e. The van der Waals surface area contributed by atoms with E-state index in [-0.39, 0.29) is 38.4 Å². The highest BCUT2D eigenvalue weighted by atomic mass is 16.5. The third-order valence-corrected chi connectivity index (χ3v) is 8.53. The van der Waals surface area contributed by atoms with E-state index in [0.29, 0.717) is 11.3 Å². The number of likely N-dealkylation sites (N-methyl/N-ethyl adjacent to an activating group) is 1. The molecule has 2 aromatic carbocycles. The molecule has 5 atom stereocenters. The molecule has 20 heteroatoms. The van der Waals surface area contributed by atoms with E-state index in [1.54, 1.807) is 24.3 Å². The van der Waals surface area contributed by atoms with E-state index in [1.165, 1.54) is 21.0 Å². The maximum Gasteiger partial charge on any atom is 0.326 e. The zero-order chi connectivity index (χ0) is 41.4. The lowest BCUT2D eigenvalue weighted by Crippen LogP contribution is -2.58. The third kappa shape index (κ3) is 13.9. The van der Waals surface area contributed by atoms with Crippen LogP contribution in [0, 0.1) is 0 Å². The van der Waals surface area contributed by atoms with Gasteiger partial charge in [-0.1, -0.05) is 42.5 Å². The van der Waals surface area contributed by atoms with Crippen molar-refractivity contribution in [3.05, 3.63) is 65.7 Å². The lowest BCUT2D eigenvalue weighted by molar-refractivity contribution is -0.147. The molecule has 7 amide bonds. The van der Waals surface area contributed by atoms with Gasteiger partial charge in [0.2, 0.25) is 29.5 Å². The van der Waals surface area contributed by atoms with Crippen LogP contribution in [0.4, 0.5) is 4.79 Å². The molecule has 0 bridgehead atoms. The molecule has 10 N–H and O–H groups in total. The number of benzene rings is 2. The number of guanidine groups is 1. The van der Waals surface area contributed by atoms with E-state index in [9.17, 15) is 48.6 Å². The number of carbonyl (C=O) groups is 8. The highest BCUT2D eigenvalue weighted by Gasteiger charge is 2.36. The molecule has 56 heavy (non-hydrogen) atoms. The number of nitrogens with zero attached hydrogens (tertiary/aromatic N) is 2. The van der Waals surface area contributed by atoms with Crippen LogP contribution in [0.15, 0.2) is 59.6 Å². The number of nitrogens with one attached hydrogen (secondary N) is 6. The van der Waals surface area contributed by atoms with Gasteiger partial charge >= 0.3 is 18.0 Å². The molecule has 0 aliphatic carbocycles. The van der Waals surface area contributed by atoms with E-state index < -0.39 is 90.6 Å². The van der Waals surface area contributed by atoms with Crippen LogP contribution in [0.1, 0.15) is 43.7 Å². The van der Waals surface area contributed by atoms with Crippen molar-refractivity contribution in [3.8, 4) is 5.75 Å². The van der Waals surface area contributed by atoms with Gasteiger partial charge in [-0.15, -0.1) is 0 Å². The molecule has 3 rings (SSSR count). The summed E-state index contributed by atoms with van der Waals surface area (Å²) in [4.78, 5) is 108. The van der Waals surface area contributed by atoms with Gasteiger partial charge in [-0.25, -0.2) is 14.4 Å². The van der Waals surface area contributed by atoms with E-state index in [2.05, 4.69) is 36.9 Å². The summed E-state index contributed by atoms with van der Waals surface area (Å²) in [5, 5.41) is 33.4. The van der Waals surface area contributed by atoms with Crippen LogP contribution in [-0.4, -0.2) is 119 Å². The minimum atomic E-state index is -1.87. The Labute approximate surface area is 322 Å². The van der Waals surface area contributed by atoms with Gasteiger partial charge in [0, 0.05) is 27.1 Å². The monoisotopic (exact) mass is 781 g/mol. The van der Waals surface area contributed by atoms with E-state index in [0.717, 1.165) is 10.5 Å². The Bertz CT molecular complexity index is 1770. The molecule has 0 saturated carbocycles. The van der Waals surface area contributed by atoms with Crippen LogP contribution in [-0.2, 0) is 46.6 Å². The maximum atomic E-state index is 14.2. The fraction of sp³-hybridized carbons (Fsp3) is 0.417. The number of urea groups is 1. The number of ether oxygens (including phenoxy) is 1. The van der Waals surface area contributed by atoms with Crippen molar-refractivity contribution in [2.75, 3.05) is 20.6 Å². The summed E-state index contributed by atoms with van der Waals surface area (Å²) in [6, 6.07) is 7.72. The fourth-order valence-electron chi connectivity index (χ4n) is 5.42. The second-order valence-corrected chi connectivity index (χ2v) is 12.8. The predicted molar refractivity (Wildman–Crippen MR) is 199 cm³/mol. The Kier molecular flexibility index (Phi) is 16.6. The Balaban J connectivity index is 1.97. The SMILES string of the molecule is CNC(=O)NC(N)=NCCCC1NC(=O)[C@@H](C)NC(=O)C[C@@H](C(=O)O)NC(=O)C[C@@H](C(=O)O)NC(=O)C(Cc2ccc(OCc3ccccc3)cc2)N(C)C1=O. The second-order valence-electron chi connectivity index (χ2n) is 12.8. The molecule has 20 nitrogen and oxygen atoms in total. The van der Waals surface area contributed by atoms with Gasteiger partial charge in [0.05, 0.1) is 12.8 Å². The maximum absolute atomic E-state index is 14.2. The van der Waals surface area contributed by atoms with E-state index in [4.69, 9.17) is 10.5 Å². The first kappa shape index (κ1) is 43.7. The quantitative estimate of drug-likeness (QED) is 0.0721. The van der Waals surface area contributed by atoms with E-state index >= 15 is 0 Å². The minimum absolute atomic E-state index is 0.00795. The number of aliphatic carboxylic acids is 2.